The summed E-state index contributed by atoms with van der Waals surface area (Å²) in [5.41, 5.74) is 0.491. The maximum Gasteiger partial charge on any atom is 0.343 e. The van der Waals surface area contributed by atoms with E-state index in [0.717, 1.165) is 25.7 Å². The van der Waals surface area contributed by atoms with E-state index in [1.54, 1.807) is 0 Å². The smallest absolute Gasteiger partial charge is 0.343 e. The predicted octanol–water partition coefficient (Wildman–Crippen LogP) is 1.90. The number of methoxy groups -OCH3 is 1. The van der Waals surface area contributed by atoms with Gasteiger partial charge >= 0.3 is 17.9 Å². The Hall–Kier alpha value is -1.65. The second-order valence-corrected chi connectivity index (χ2v) is 4.20. The first-order valence-corrected chi connectivity index (χ1v) is 6.15. The van der Waals surface area contributed by atoms with E-state index < -0.39 is 17.9 Å². The molecule has 18 heavy (non-hydrogen) atoms. The zero-order valence-electron chi connectivity index (χ0n) is 10.8. The summed E-state index contributed by atoms with van der Waals surface area (Å²) in [6.07, 6.45) is 4.28. The molecule has 1 aliphatic heterocycles. The number of unbranched alkanes of at least 4 members (excludes halogenated alkanes) is 3. The summed E-state index contributed by atoms with van der Waals surface area (Å²) < 4.78 is 9.02. The van der Waals surface area contributed by atoms with Crippen molar-refractivity contribution < 1.29 is 23.9 Å². The van der Waals surface area contributed by atoms with Crippen LogP contribution in [0.25, 0.3) is 0 Å². The van der Waals surface area contributed by atoms with Crippen LogP contribution >= 0.6 is 0 Å². The molecule has 1 heterocycles. The average molecular weight is 254 g/mol. The molecule has 0 saturated carbocycles. The van der Waals surface area contributed by atoms with E-state index in [4.69, 9.17) is 0 Å². The quantitative estimate of drug-likeness (QED) is 0.394. The molecule has 0 unspecified atom stereocenters. The minimum absolute atomic E-state index is 0.156. The number of hydrogen-bond donors (Lipinski definition) is 0. The molecule has 0 aromatic carbocycles. The van der Waals surface area contributed by atoms with Crippen LogP contribution in [0.2, 0.25) is 0 Å². The number of carbonyl (C=O) groups is 3. The normalized spacial score (nSPS) is 15.0. The molecular formula is C13H18O5. The third-order valence-corrected chi connectivity index (χ3v) is 2.87. The topological polar surface area (TPSA) is 69.7 Å². The second kappa shape index (κ2) is 6.93. The van der Waals surface area contributed by atoms with Crippen molar-refractivity contribution in [3.63, 3.8) is 0 Å². The van der Waals surface area contributed by atoms with E-state index >= 15 is 0 Å². The third-order valence-electron chi connectivity index (χ3n) is 2.87. The highest BCUT2D eigenvalue weighted by Gasteiger charge is 2.33. The van der Waals surface area contributed by atoms with E-state index in [0.29, 0.717) is 12.0 Å². The summed E-state index contributed by atoms with van der Waals surface area (Å²) in [7, 11) is 1.24. The molecule has 0 radical (unpaired) electrons. The molecular weight excluding hydrogens is 236 g/mol. The van der Waals surface area contributed by atoms with Gasteiger partial charge in [0.2, 0.25) is 0 Å². The third kappa shape index (κ3) is 3.68. The molecule has 0 amide bonds. The van der Waals surface area contributed by atoms with E-state index in [9.17, 15) is 14.4 Å². The Bertz CT molecular complexity index is 381. The number of cyclic esters (lactones) is 2. The molecule has 0 aromatic rings. The fourth-order valence-corrected chi connectivity index (χ4v) is 1.83. The van der Waals surface area contributed by atoms with Gasteiger partial charge in [0, 0.05) is 5.57 Å². The van der Waals surface area contributed by atoms with Crippen LogP contribution in [0.3, 0.4) is 0 Å². The van der Waals surface area contributed by atoms with Gasteiger partial charge in [-0.2, -0.15) is 0 Å². The zero-order chi connectivity index (χ0) is 13.5. The SMILES string of the molecule is CCCCCCC1=C(CC(=O)OC)C(=O)OC1=O. The van der Waals surface area contributed by atoms with Gasteiger partial charge in [-0.25, -0.2) is 9.59 Å². The van der Waals surface area contributed by atoms with Crippen LogP contribution < -0.4 is 0 Å². The number of carbonyl (C=O) groups excluding carboxylic acids is 3. The first-order valence-electron chi connectivity index (χ1n) is 6.15. The lowest BCUT2D eigenvalue weighted by Gasteiger charge is -2.01. The minimum atomic E-state index is -0.712. The number of ether oxygens (including phenoxy) is 2. The summed E-state index contributed by atoms with van der Waals surface area (Å²) in [4.78, 5) is 34.1. The molecule has 0 atom stereocenters. The molecule has 0 aromatic heterocycles. The Balaban J connectivity index is 2.68. The Labute approximate surface area is 106 Å². The zero-order valence-corrected chi connectivity index (χ0v) is 10.8. The van der Waals surface area contributed by atoms with Gasteiger partial charge in [-0.3, -0.25) is 4.79 Å². The van der Waals surface area contributed by atoms with Crippen LogP contribution in [0.15, 0.2) is 11.1 Å². The Kier molecular flexibility index (Phi) is 5.55. The molecule has 0 N–H and O–H groups in total. The molecule has 0 aliphatic carbocycles. The Morgan fingerprint density at radius 1 is 1.11 bits per heavy atom. The fraction of sp³-hybridized carbons (Fsp3) is 0.615. The number of rotatable bonds is 7. The van der Waals surface area contributed by atoms with Crippen molar-refractivity contribution >= 4 is 17.9 Å². The van der Waals surface area contributed by atoms with Crippen molar-refractivity contribution in [3.05, 3.63) is 11.1 Å². The molecule has 0 bridgehead atoms. The van der Waals surface area contributed by atoms with Crippen LogP contribution in [0.1, 0.15) is 45.4 Å². The summed E-state index contributed by atoms with van der Waals surface area (Å²) in [5, 5.41) is 0. The van der Waals surface area contributed by atoms with Crippen molar-refractivity contribution in [2.75, 3.05) is 7.11 Å². The van der Waals surface area contributed by atoms with Crippen LogP contribution in [0.5, 0.6) is 0 Å². The highest BCUT2D eigenvalue weighted by molar-refractivity contribution is 6.13. The van der Waals surface area contributed by atoms with E-state index in [2.05, 4.69) is 16.4 Å². The van der Waals surface area contributed by atoms with Crippen molar-refractivity contribution in [2.24, 2.45) is 0 Å². The van der Waals surface area contributed by atoms with E-state index in [1.807, 2.05) is 0 Å². The van der Waals surface area contributed by atoms with Crippen molar-refractivity contribution in [2.45, 2.75) is 45.4 Å². The maximum atomic E-state index is 11.5. The van der Waals surface area contributed by atoms with Crippen LogP contribution in [-0.2, 0) is 23.9 Å². The van der Waals surface area contributed by atoms with Gasteiger partial charge < -0.3 is 9.47 Å². The monoisotopic (exact) mass is 254 g/mol. The van der Waals surface area contributed by atoms with Gasteiger partial charge in [-0.1, -0.05) is 26.2 Å². The van der Waals surface area contributed by atoms with Gasteiger partial charge in [0.25, 0.3) is 0 Å². The molecule has 5 heteroatoms. The van der Waals surface area contributed by atoms with Crippen LogP contribution in [-0.4, -0.2) is 25.0 Å². The molecule has 0 saturated heterocycles. The minimum Gasteiger partial charge on any atom is -0.469 e. The van der Waals surface area contributed by atoms with Gasteiger partial charge in [0.15, 0.2) is 0 Å². The summed E-state index contributed by atoms with van der Waals surface area (Å²) in [5.74, 6) is -1.87. The predicted molar refractivity (Wildman–Crippen MR) is 63.5 cm³/mol. The van der Waals surface area contributed by atoms with E-state index in [1.165, 1.54) is 7.11 Å². The number of esters is 3. The lowest BCUT2D eigenvalue weighted by molar-refractivity contribution is -0.152. The van der Waals surface area contributed by atoms with E-state index in [-0.39, 0.29) is 12.0 Å². The van der Waals surface area contributed by atoms with Gasteiger partial charge in [-0.15, -0.1) is 0 Å². The Morgan fingerprint density at radius 3 is 2.39 bits per heavy atom. The number of hydrogen-bond acceptors (Lipinski definition) is 5. The molecule has 0 spiro atoms. The first-order chi connectivity index (χ1) is 8.60. The van der Waals surface area contributed by atoms with Crippen LogP contribution in [0, 0.1) is 0 Å². The van der Waals surface area contributed by atoms with Gasteiger partial charge in [0.05, 0.1) is 19.1 Å². The summed E-state index contributed by atoms with van der Waals surface area (Å²) >= 11 is 0. The highest BCUT2D eigenvalue weighted by atomic mass is 16.6. The highest BCUT2D eigenvalue weighted by Crippen LogP contribution is 2.25. The van der Waals surface area contributed by atoms with Crippen molar-refractivity contribution in [1.82, 2.24) is 0 Å². The lowest BCUT2D eigenvalue weighted by Crippen LogP contribution is -2.07. The summed E-state index contributed by atoms with van der Waals surface area (Å²) in [6.45, 7) is 2.09. The largest absolute Gasteiger partial charge is 0.469 e. The molecule has 1 aliphatic rings. The van der Waals surface area contributed by atoms with Crippen molar-refractivity contribution in [1.29, 1.82) is 0 Å². The fourth-order valence-electron chi connectivity index (χ4n) is 1.83. The first kappa shape index (κ1) is 14.4. The second-order valence-electron chi connectivity index (χ2n) is 4.20. The molecule has 1 rings (SSSR count). The van der Waals surface area contributed by atoms with Crippen LogP contribution in [0.4, 0.5) is 0 Å². The van der Waals surface area contributed by atoms with Gasteiger partial charge in [-0.05, 0) is 12.8 Å². The van der Waals surface area contributed by atoms with Crippen molar-refractivity contribution in [3.8, 4) is 0 Å². The van der Waals surface area contributed by atoms with Gasteiger partial charge in [0.1, 0.15) is 0 Å². The molecule has 100 valence electrons. The average Bonchev–Trinajstić information content (AvgIpc) is 2.60. The lowest BCUT2D eigenvalue weighted by atomic mass is 10.0. The summed E-state index contributed by atoms with van der Waals surface area (Å²) in [6, 6.07) is 0. The molecule has 5 nitrogen and oxygen atoms in total. The maximum absolute atomic E-state index is 11.5. The standard InChI is InChI=1S/C13H18O5/c1-3-4-5-6-7-9-10(8-11(14)17-2)13(16)18-12(9)15/h3-8H2,1-2H3. The Morgan fingerprint density at radius 2 is 1.78 bits per heavy atom. The molecule has 0 fully saturated rings.